The first kappa shape index (κ1) is 8.99. The van der Waals surface area contributed by atoms with Crippen LogP contribution in [0.15, 0.2) is 22.7 Å². The Bertz CT molecular complexity index is 715. The van der Waals surface area contributed by atoms with Crippen molar-refractivity contribution in [3.8, 4) is 0 Å². The molecule has 0 bridgehead atoms. The molecule has 0 unspecified atom stereocenters. The average Bonchev–Trinajstić information content (AvgIpc) is 2.56. The molecule has 2 N–H and O–H groups in total. The summed E-state index contributed by atoms with van der Waals surface area (Å²) in [6, 6.07) is 5.91. The predicted octanol–water partition coefficient (Wildman–Crippen LogP) is 2.93. The Balaban J connectivity index is 2.64. The molecule has 4 nitrogen and oxygen atoms in total. The van der Waals surface area contributed by atoms with Crippen LogP contribution in [0.2, 0.25) is 0 Å². The molecule has 0 aliphatic carbocycles. The van der Waals surface area contributed by atoms with Crippen LogP contribution in [0.4, 0.5) is 0 Å². The number of H-pyrrole nitrogens is 2. The standard InChI is InChI=1S/C9H5BrN4S/c10-4-2-1-3-5-6(4)7-8(11-5)12-9(15)14-13-7/h1-3H,(H2,11,12,14,15). The Morgan fingerprint density at radius 2 is 2.20 bits per heavy atom. The van der Waals surface area contributed by atoms with Crippen LogP contribution in [-0.2, 0) is 0 Å². The maximum absolute atomic E-state index is 4.92. The Kier molecular flexibility index (Phi) is 1.86. The molecule has 0 aliphatic rings. The van der Waals surface area contributed by atoms with Gasteiger partial charge in [-0.05, 0) is 24.4 Å². The number of aromatic amines is 2. The fourth-order valence-corrected chi connectivity index (χ4v) is 2.29. The molecule has 2 heterocycles. The Morgan fingerprint density at radius 1 is 1.33 bits per heavy atom. The second-order valence-corrected chi connectivity index (χ2v) is 4.37. The molecular formula is C9H5BrN4S. The number of aromatic nitrogens is 4. The highest BCUT2D eigenvalue weighted by Crippen LogP contribution is 2.28. The molecule has 0 atom stereocenters. The molecule has 0 radical (unpaired) electrons. The second-order valence-electron chi connectivity index (χ2n) is 3.13. The lowest BCUT2D eigenvalue weighted by Gasteiger charge is -1.92. The van der Waals surface area contributed by atoms with Crippen molar-refractivity contribution < 1.29 is 0 Å². The van der Waals surface area contributed by atoms with Gasteiger partial charge in [0.15, 0.2) is 5.65 Å². The van der Waals surface area contributed by atoms with Crippen molar-refractivity contribution in [3.05, 3.63) is 27.4 Å². The number of hydrogen-bond donors (Lipinski definition) is 2. The van der Waals surface area contributed by atoms with Gasteiger partial charge in [0.1, 0.15) is 5.52 Å². The monoisotopic (exact) mass is 280 g/mol. The summed E-state index contributed by atoms with van der Waals surface area (Å²) in [5, 5.41) is 7.89. The molecule has 3 aromatic rings. The Labute approximate surface area is 97.9 Å². The van der Waals surface area contributed by atoms with Gasteiger partial charge < -0.3 is 4.98 Å². The van der Waals surface area contributed by atoms with Crippen LogP contribution in [0.5, 0.6) is 0 Å². The number of benzene rings is 1. The zero-order valence-electron chi connectivity index (χ0n) is 7.41. The number of fused-ring (bicyclic) bond motifs is 3. The summed E-state index contributed by atoms with van der Waals surface area (Å²) in [7, 11) is 0. The first-order valence-corrected chi connectivity index (χ1v) is 5.48. The number of halogens is 1. The molecule has 1 aromatic carbocycles. The van der Waals surface area contributed by atoms with E-state index in [1.54, 1.807) is 0 Å². The summed E-state index contributed by atoms with van der Waals surface area (Å²) >= 11 is 8.40. The SMILES string of the molecule is S=c1nc2[nH]c3cccc(Br)c3c2n[nH]1. The lowest BCUT2D eigenvalue weighted by molar-refractivity contribution is 0.999. The minimum absolute atomic E-state index is 0.380. The third kappa shape index (κ3) is 1.29. The smallest absolute Gasteiger partial charge is 0.215 e. The molecule has 6 heteroatoms. The van der Waals surface area contributed by atoms with E-state index in [0.717, 1.165) is 20.9 Å². The van der Waals surface area contributed by atoms with Crippen LogP contribution in [0, 0.1) is 4.77 Å². The Hall–Kier alpha value is -1.27. The number of hydrogen-bond acceptors (Lipinski definition) is 3. The van der Waals surface area contributed by atoms with Gasteiger partial charge in [-0.2, -0.15) is 10.1 Å². The number of nitrogens with zero attached hydrogens (tertiary/aromatic N) is 2. The van der Waals surface area contributed by atoms with Crippen LogP contribution < -0.4 is 0 Å². The second kappa shape index (κ2) is 3.11. The van der Waals surface area contributed by atoms with Gasteiger partial charge in [-0.25, -0.2) is 0 Å². The van der Waals surface area contributed by atoms with Crippen LogP contribution in [0.1, 0.15) is 0 Å². The van der Waals surface area contributed by atoms with Crippen molar-refractivity contribution in [1.29, 1.82) is 0 Å². The van der Waals surface area contributed by atoms with Crippen LogP contribution in [0.3, 0.4) is 0 Å². The maximum Gasteiger partial charge on any atom is 0.215 e. The minimum atomic E-state index is 0.380. The van der Waals surface area contributed by atoms with E-state index in [0.29, 0.717) is 10.4 Å². The van der Waals surface area contributed by atoms with E-state index in [4.69, 9.17) is 12.2 Å². The molecule has 15 heavy (non-hydrogen) atoms. The third-order valence-electron chi connectivity index (χ3n) is 2.20. The van der Waals surface area contributed by atoms with Gasteiger partial charge in [-0.3, -0.25) is 5.10 Å². The van der Waals surface area contributed by atoms with Crippen molar-refractivity contribution in [2.75, 3.05) is 0 Å². The number of nitrogens with one attached hydrogen (secondary N) is 2. The summed E-state index contributed by atoms with van der Waals surface area (Å²) in [5.41, 5.74) is 2.50. The van der Waals surface area contributed by atoms with Crippen LogP contribution in [0.25, 0.3) is 22.1 Å². The van der Waals surface area contributed by atoms with Gasteiger partial charge in [0.2, 0.25) is 4.77 Å². The fraction of sp³-hybridized carbons (Fsp3) is 0. The molecule has 0 spiro atoms. The fourth-order valence-electron chi connectivity index (χ4n) is 1.59. The van der Waals surface area contributed by atoms with Crippen molar-refractivity contribution >= 4 is 50.2 Å². The van der Waals surface area contributed by atoms with Gasteiger partial charge in [0, 0.05) is 9.86 Å². The van der Waals surface area contributed by atoms with E-state index in [2.05, 4.69) is 36.1 Å². The molecule has 0 aliphatic heterocycles. The average molecular weight is 281 g/mol. The lowest BCUT2D eigenvalue weighted by atomic mass is 10.2. The van der Waals surface area contributed by atoms with Crippen molar-refractivity contribution in [3.63, 3.8) is 0 Å². The van der Waals surface area contributed by atoms with Gasteiger partial charge in [-0.15, -0.1) is 0 Å². The largest absolute Gasteiger partial charge is 0.338 e. The van der Waals surface area contributed by atoms with E-state index < -0.39 is 0 Å². The molecule has 0 fully saturated rings. The molecule has 0 saturated heterocycles. The highest BCUT2D eigenvalue weighted by atomic mass is 79.9. The molecular weight excluding hydrogens is 276 g/mol. The summed E-state index contributed by atoms with van der Waals surface area (Å²) in [6.45, 7) is 0. The normalized spacial score (nSPS) is 11.3. The summed E-state index contributed by atoms with van der Waals surface area (Å²) in [4.78, 5) is 7.34. The molecule has 74 valence electrons. The molecule has 0 saturated carbocycles. The lowest BCUT2D eigenvalue weighted by Crippen LogP contribution is -1.86. The van der Waals surface area contributed by atoms with Gasteiger partial charge in [0.25, 0.3) is 0 Å². The summed E-state index contributed by atoms with van der Waals surface area (Å²) < 4.78 is 1.37. The van der Waals surface area contributed by atoms with E-state index in [1.807, 2.05) is 18.2 Å². The van der Waals surface area contributed by atoms with Gasteiger partial charge in [-0.1, -0.05) is 22.0 Å². The molecule has 3 rings (SSSR count). The summed E-state index contributed by atoms with van der Waals surface area (Å²) in [6.07, 6.45) is 0. The molecule has 0 amide bonds. The minimum Gasteiger partial charge on any atom is -0.338 e. The molecule has 2 aromatic heterocycles. The highest BCUT2D eigenvalue weighted by molar-refractivity contribution is 9.10. The quantitative estimate of drug-likeness (QED) is 0.623. The van der Waals surface area contributed by atoms with E-state index in [1.165, 1.54) is 0 Å². The highest BCUT2D eigenvalue weighted by Gasteiger charge is 2.08. The first-order valence-electron chi connectivity index (χ1n) is 4.28. The van der Waals surface area contributed by atoms with E-state index in [9.17, 15) is 0 Å². The topological polar surface area (TPSA) is 57.4 Å². The number of rotatable bonds is 0. The first-order chi connectivity index (χ1) is 7.25. The Morgan fingerprint density at radius 3 is 3.07 bits per heavy atom. The van der Waals surface area contributed by atoms with Crippen LogP contribution in [-0.4, -0.2) is 20.2 Å². The summed E-state index contributed by atoms with van der Waals surface area (Å²) in [5.74, 6) is 0. The van der Waals surface area contributed by atoms with Crippen molar-refractivity contribution in [2.45, 2.75) is 0 Å². The maximum atomic E-state index is 4.92. The predicted molar refractivity (Wildman–Crippen MR) is 64.3 cm³/mol. The zero-order chi connectivity index (χ0) is 10.4. The van der Waals surface area contributed by atoms with Gasteiger partial charge in [0.05, 0.1) is 5.52 Å². The van der Waals surface area contributed by atoms with Crippen molar-refractivity contribution in [2.24, 2.45) is 0 Å². The van der Waals surface area contributed by atoms with Crippen molar-refractivity contribution in [1.82, 2.24) is 20.2 Å². The van der Waals surface area contributed by atoms with Gasteiger partial charge >= 0.3 is 0 Å². The van der Waals surface area contributed by atoms with E-state index in [-0.39, 0.29) is 0 Å². The third-order valence-corrected chi connectivity index (χ3v) is 3.05. The van der Waals surface area contributed by atoms with E-state index >= 15 is 0 Å². The van der Waals surface area contributed by atoms with Crippen LogP contribution >= 0.6 is 28.1 Å². The zero-order valence-corrected chi connectivity index (χ0v) is 9.82.